The van der Waals surface area contributed by atoms with Gasteiger partial charge in [-0.05, 0) is 26.0 Å². The van der Waals surface area contributed by atoms with Crippen LogP contribution in [0.5, 0.6) is 5.75 Å². The third-order valence-corrected chi connectivity index (χ3v) is 5.20. The Bertz CT molecular complexity index is 783. The summed E-state index contributed by atoms with van der Waals surface area (Å²) in [5, 5.41) is 9.66. The van der Waals surface area contributed by atoms with E-state index < -0.39 is 36.4 Å². The van der Waals surface area contributed by atoms with Gasteiger partial charge in [0.05, 0.1) is 19.6 Å². The second kappa shape index (κ2) is 12.3. The normalized spacial score (nSPS) is 18.0. The van der Waals surface area contributed by atoms with Crippen LogP contribution in [0.3, 0.4) is 0 Å². The lowest BCUT2D eigenvalue weighted by Crippen LogP contribution is -2.48. The van der Waals surface area contributed by atoms with Gasteiger partial charge in [0.25, 0.3) is 0 Å². The zero-order chi connectivity index (χ0) is 23.7. The number of rotatable bonds is 11. The number of likely N-dealkylation sites (tertiary alicyclic amines) is 1. The van der Waals surface area contributed by atoms with E-state index in [1.165, 1.54) is 24.0 Å². The van der Waals surface area contributed by atoms with Crippen molar-refractivity contribution in [2.75, 3.05) is 40.5 Å². The van der Waals surface area contributed by atoms with Gasteiger partial charge in [-0.3, -0.25) is 4.79 Å². The van der Waals surface area contributed by atoms with E-state index in [1.54, 1.807) is 32.0 Å². The third-order valence-electron chi connectivity index (χ3n) is 5.20. The number of nitrogens with zero attached hydrogens (tertiary/aromatic N) is 2. The number of hydrogen-bond acceptors (Lipinski definition) is 7. The molecule has 0 bridgehead atoms. The van der Waals surface area contributed by atoms with Crippen molar-refractivity contribution in [3.05, 3.63) is 29.8 Å². The predicted octanol–water partition coefficient (Wildman–Crippen LogP) is 2.28. The SMILES string of the molecule is CCOC(=O)CCN(CC)C(=O)N1C[C@@H](Oc2cccc(C(OC)OC)c2)C[C@H]1C(=O)O. The van der Waals surface area contributed by atoms with E-state index in [4.69, 9.17) is 18.9 Å². The van der Waals surface area contributed by atoms with Crippen molar-refractivity contribution < 1.29 is 38.4 Å². The summed E-state index contributed by atoms with van der Waals surface area (Å²) >= 11 is 0. The summed E-state index contributed by atoms with van der Waals surface area (Å²) in [6.45, 7) is 4.36. The zero-order valence-corrected chi connectivity index (χ0v) is 19.0. The molecule has 1 fully saturated rings. The standard InChI is InChI=1S/C22H32N2O8/c1-5-23(11-10-19(25)31-6-2)22(28)24-14-17(13-18(24)20(26)27)32-16-9-7-8-15(12-16)21(29-3)30-4/h7-9,12,17-18,21H,5-6,10-11,13-14H2,1-4H3,(H,26,27)/t17-,18-/m0/s1. The van der Waals surface area contributed by atoms with Crippen molar-refractivity contribution in [1.82, 2.24) is 9.80 Å². The maximum atomic E-state index is 13.0. The molecule has 32 heavy (non-hydrogen) atoms. The highest BCUT2D eigenvalue weighted by molar-refractivity contribution is 5.84. The molecule has 0 spiro atoms. The van der Waals surface area contributed by atoms with Gasteiger partial charge in [0.15, 0.2) is 6.29 Å². The van der Waals surface area contributed by atoms with Crippen LogP contribution in [0.1, 0.15) is 38.5 Å². The summed E-state index contributed by atoms with van der Waals surface area (Å²) in [5.74, 6) is -0.973. The Morgan fingerprint density at radius 2 is 1.94 bits per heavy atom. The van der Waals surface area contributed by atoms with Crippen LogP contribution in [0.15, 0.2) is 24.3 Å². The Balaban J connectivity index is 2.08. The highest BCUT2D eigenvalue weighted by Crippen LogP contribution is 2.27. The van der Waals surface area contributed by atoms with Gasteiger partial charge in [0.2, 0.25) is 0 Å². The Morgan fingerprint density at radius 1 is 1.22 bits per heavy atom. The lowest BCUT2D eigenvalue weighted by molar-refractivity contribution is -0.144. The Labute approximate surface area is 188 Å². The average molecular weight is 453 g/mol. The molecule has 10 heteroatoms. The van der Waals surface area contributed by atoms with Crippen molar-refractivity contribution in [2.45, 2.75) is 45.1 Å². The lowest BCUT2D eigenvalue weighted by atomic mass is 10.2. The first kappa shape index (κ1) is 25.4. The van der Waals surface area contributed by atoms with Gasteiger partial charge in [-0.15, -0.1) is 0 Å². The smallest absolute Gasteiger partial charge is 0.326 e. The number of hydrogen-bond donors (Lipinski definition) is 1. The number of amides is 2. The molecule has 0 aliphatic carbocycles. The van der Waals surface area contributed by atoms with Gasteiger partial charge >= 0.3 is 18.0 Å². The molecule has 1 N–H and O–H groups in total. The molecule has 0 unspecified atom stereocenters. The first-order valence-corrected chi connectivity index (χ1v) is 10.6. The highest BCUT2D eigenvalue weighted by Gasteiger charge is 2.42. The highest BCUT2D eigenvalue weighted by atomic mass is 16.7. The number of carbonyl (C=O) groups is 3. The number of benzene rings is 1. The molecule has 2 rings (SSSR count). The summed E-state index contributed by atoms with van der Waals surface area (Å²) in [4.78, 5) is 39.2. The molecule has 1 aromatic rings. The second-order valence-electron chi connectivity index (χ2n) is 7.28. The molecular formula is C22H32N2O8. The van der Waals surface area contributed by atoms with Crippen molar-refractivity contribution >= 4 is 18.0 Å². The maximum Gasteiger partial charge on any atom is 0.326 e. The van der Waals surface area contributed by atoms with Crippen molar-refractivity contribution in [3.63, 3.8) is 0 Å². The number of carboxylic acids is 1. The summed E-state index contributed by atoms with van der Waals surface area (Å²) < 4.78 is 21.4. The molecule has 1 saturated heterocycles. The number of esters is 1. The third kappa shape index (κ3) is 6.57. The Hall–Kier alpha value is -2.85. The molecule has 0 saturated carbocycles. The van der Waals surface area contributed by atoms with E-state index in [0.29, 0.717) is 12.3 Å². The Kier molecular flexibility index (Phi) is 9.73. The first-order valence-electron chi connectivity index (χ1n) is 10.6. The minimum absolute atomic E-state index is 0.0475. The van der Waals surface area contributed by atoms with E-state index in [-0.39, 0.29) is 32.5 Å². The monoisotopic (exact) mass is 452 g/mol. The molecule has 2 atom stereocenters. The molecule has 0 aromatic heterocycles. The van der Waals surface area contributed by atoms with Crippen LogP contribution in [-0.4, -0.2) is 85.5 Å². The average Bonchev–Trinajstić information content (AvgIpc) is 3.19. The van der Waals surface area contributed by atoms with Crippen LogP contribution in [0.4, 0.5) is 4.79 Å². The lowest BCUT2D eigenvalue weighted by Gasteiger charge is -2.29. The maximum absolute atomic E-state index is 13.0. The molecule has 1 aromatic carbocycles. The minimum atomic E-state index is -1.10. The van der Waals surface area contributed by atoms with Gasteiger partial charge in [-0.2, -0.15) is 0 Å². The molecule has 1 heterocycles. The number of ether oxygens (including phenoxy) is 4. The second-order valence-corrected chi connectivity index (χ2v) is 7.28. The largest absolute Gasteiger partial charge is 0.488 e. The van der Waals surface area contributed by atoms with Crippen LogP contribution in [0.25, 0.3) is 0 Å². The van der Waals surface area contributed by atoms with E-state index in [1.807, 2.05) is 6.07 Å². The van der Waals surface area contributed by atoms with Gasteiger partial charge in [0.1, 0.15) is 17.9 Å². The topological polar surface area (TPSA) is 115 Å². The molecule has 1 aliphatic rings. The fourth-order valence-corrected chi connectivity index (χ4v) is 3.65. The van der Waals surface area contributed by atoms with Crippen LogP contribution < -0.4 is 4.74 Å². The van der Waals surface area contributed by atoms with E-state index in [9.17, 15) is 19.5 Å². The zero-order valence-electron chi connectivity index (χ0n) is 19.0. The van der Waals surface area contributed by atoms with Crippen molar-refractivity contribution in [1.29, 1.82) is 0 Å². The summed E-state index contributed by atoms with van der Waals surface area (Å²) in [6.07, 6.45) is -0.850. The summed E-state index contributed by atoms with van der Waals surface area (Å²) in [6, 6.07) is 5.68. The van der Waals surface area contributed by atoms with Gasteiger partial charge < -0.3 is 33.9 Å². The molecule has 10 nitrogen and oxygen atoms in total. The molecule has 2 amide bonds. The summed E-state index contributed by atoms with van der Waals surface area (Å²) in [7, 11) is 3.06. The quantitative estimate of drug-likeness (QED) is 0.402. The number of aliphatic carboxylic acids is 1. The van der Waals surface area contributed by atoms with E-state index in [0.717, 1.165) is 5.56 Å². The van der Waals surface area contributed by atoms with Crippen molar-refractivity contribution in [2.24, 2.45) is 0 Å². The van der Waals surface area contributed by atoms with Crippen molar-refractivity contribution in [3.8, 4) is 5.75 Å². The molecule has 178 valence electrons. The first-order chi connectivity index (χ1) is 15.3. The predicted molar refractivity (Wildman–Crippen MR) is 114 cm³/mol. The van der Waals surface area contributed by atoms with Crippen LogP contribution in [-0.2, 0) is 23.8 Å². The van der Waals surface area contributed by atoms with E-state index in [2.05, 4.69) is 0 Å². The van der Waals surface area contributed by atoms with Crippen LogP contribution in [0.2, 0.25) is 0 Å². The number of carbonyl (C=O) groups excluding carboxylic acids is 2. The molecular weight excluding hydrogens is 420 g/mol. The minimum Gasteiger partial charge on any atom is -0.488 e. The molecule has 1 aliphatic heterocycles. The van der Waals surface area contributed by atoms with Crippen LogP contribution >= 0.6 is 0 Å². The fraction of sp³-hybridized carbons (Fsp3) is 0.591. The van der Waals surface area contributed by atoms with Gasteiger partial charge in [-0.25, -0.2) is 9.59 Å². The van der Waals surface area contributed by atoms with Gasteiger partial charge in [0, 0.05) is 39.3 Å². The Morgan fingerprint density at radius 3 is 2.53 bits per heavy atom. The van der Waals surface area contributed by atoms with Gasteiger partial charge in [-0.1, -0.05) is 12.1 Å². The number of urea groups is 1. The number of methoxy groups -OCH3 is 2. The summed E-state index contributed by atoms with van der Waals surface area (Å²) in [5.41, 5.74) is 0.754. The number of carboxylic acid groups (broad SMARTS) is 1. The van der Waals surface area contributed by atoms with Crippen LogP contribution in [0, 0.1) is 0 Å². The fourth-order valence-electron chi connectivity index (χ4n) is 3.65. The molecule has 0 radical (unpaired) electrons. The van der Waals surface area contributed by atoms with E-state index >= 15 is 0 Å².